The third kappa shape index (κ3) is 2.55. The average Bonchev–Trinajstić information content (AvgIpc) is 3.09. The minimum Gasteiger partial charge on any atom is -0.373 e. The lowest BCUT2D eigenvalue weighted by atomic mass is 10.1. The molecule has 0 unspecified atom stereocenters. The van der Waals surface area contributed by atoms with E-state index < -0.39 is 12.0 Å². The highest BCUT2D eigenvalue weighted by atomic mass is 19.3. The van der Waals surface area contributed by atoms with Gasteiger partial charge in [-0.15, -0.1) is 0 Å². The number of aromatic nitrogens is 5. The lowest BCUT2D eigenvalue weighted by Crippen LogP contribution is -2.18. The van der Waals surface area contributed by atoms with Crippen molar-refractivity contribution in [1.82, 2.24) is 29.5 Å². The van der Waals surface area contributed by atoms with E-state index in [9.17, 15) is 13.6 Å². The van der Waals surface area contributed by atoms with Gasteiger partial charge in [0.1, 0.15) is 23.1 Å². The Hall–Kier alpha value is -3.56. The summed E-state index contributed by atoms with van der Waals surface area (Å²) >= 11 is 0. The predicted molar refractivity (Wildman–Crippen MR) is 103 cm³/mol. The summed E-state index contributed by atoms with van der Waals surface area (Å²) in [5, 5.41) is 10.6. The molecule has 148 valence electrons. The summed E-state index contributed by atoms with van der Waals surface area (Å²) in [5.74, 6) is -2.43. The first kappa shape index (κ1) is 17.5. The lowest BCUT2D eigenvalue weighted by molar-refractivity contribution is 0.0963. The third-order valence-corrected chi connectivity index (χ3v) is 5.19. The number of anilines is 1. The molecule has 0 saturated heterocycles. The summed E-state index contributed by atoms with van der Waals surface area (Å²) in [5.41, 5.74) is 2.37. The fourth-order valence-electron chi connectivity index (χ4n) is 3.60. The van der Waals surface area contributed by atoms with E-state index in [1.165, 1.54) is 22.3 Å². The second kappa shape index (κ2) is 5.97. The molecule has 0 radical (unpaired) electrons. The Morgan fingerprint density at radius 3 is 2.79 bits per heavy atom. The molecule has 0 spiro atoms. The molecule has 1 aliphatic rings. The van der Waals surface area contributed by atoms with Crippen LogP contribution in [0.2, 0.25) is 0 Å². The number of nitrogens with zero attached hydrogens (tertiary/aromatic N) is 5. The molecule has 4 aromatic heterocycles. The molecule has 8 nitrogen and oxygen atoms in total. The molecule has 29 heavy (non-hydrogen) atoms. The van der Waals surface area contributed by atoms with E-state index in [2.05, 4.69) is 25.7 Å². The summed E-state index contributed by atoms with van der Waals surface area (Å²) < 4.78 is 30.6. The zero-order chi connectivity index (χ0) is 20.3. The molecule has 1 atom stereocenters. The molecular weight excluding hydrogens is 380 g/mol. The van der Waals surface area contributed by atoms with Crippen LogP contribution in [0, 0.1) is 0 Å². The number of halogens is 2. The first-order valence-electron chi connectivity index (χ1n) is 9.07. The molecule has 1 aliphatic carbocycles. The van der Waals surface area contributed by atoms with Gasteiger partial charge in [-0.2, -0.15) is 9.61 Å². The summed E-state index contributed by atoms with van der Waals surface area (Å²) in [4.78, 5) is 21.1. The Labute approximate surface area is 163 Å². The number of hydrogen-bond acceptors (Lipinski definition) is 5. The van der Waals surface area contributed by atoms with Crippen molar-refractivity contribution in [3.05, 3.63) is 42.4 Å². The second-order valence-corrected chi connectivity index (χ2v) is 6.95. The normalized spacial score (nSPS) is 17.6. The SMILES string of the molecule is CNC(=O)c1cnn2c(NC)cc(-c3cn([C@H]4CC4(F)F)c4ncccc34)nc12. The van der Waals surface area contributed by atoms with Gasteiger partial charge in [-0.3, -0.25) is 4.79 Å². The highest BCUT2D eigenvalue weighted by Gasteiger charge is 2.58. The number of carbonyl (C=O) groups is 1. The molecular formula is C19H17F2N7O. The zero-order valence-corrected chi connectivity index (χ0v) is 15.6. The van der Waals surface area contributed by atoms with E-state index in [4.69, 9.17) is 0 Å². The van der Waals surface area contributed by atoms with Crippen molar-refractivity contribution in [3.8, 4) is 11.3 Å². The van der Waals surface area contributed by atoms with Crippen LogP contribution in [0.4, 0.5) is 14.6 Å². The fourth-order valence-corrected chi connectivity index (χ4v) is 3.60. The van der Waals surface area contributed by atoms with Gasteiger partial charge in [0.2, 0.25) is 0 Å². The van der Waals surface area contributed by atoms with Crippen molar-refractivity contribution in [2.24, 2.45) is 0 Å². The van der Waals surface area contributed by atoms with Crippen LogP contribution in [0.1, 0.15) is 22.8 Å². The van der Waals surface area contributed by atoms with Crippen molar-refractivity contribution < 1.29 is 13.6 Å². The Morgan fingerprint density at radius 1 is 1.31 bits per heavy atom. The van der Waals surface area contributed by atoms with Gasteiger partial charge < -0.3 is 15.2 Å². The van der Waals surface area contributed by atoms with Gasteiger partial charge in [0.15, 0.2) is 5.65 Å². The van der Waals surface area contributed by atoms with E-state index in [0.29, 0.717) is 33.9 Å². The van der Waals surface area contributed by atoms with Crippen LogP contribution in [0.15, 0.2) is 36.8 Å². The maximum Gasteiger partial charge on any atom is 0.270 e. The Morgan fingerprint density at radius 2 is 2.10 bits per heavy atom. The van der Waals surface area contributed by atoms with Gasteiger partial charge in [0.25, 0.3) is 11.8 Å². The molecule has 0 aliphatic heterocycles. The standard InChI is InChI=1S/C19H17F2N7O/c1-22-15-6-13(26-17-11(18(29)23-2)8-25-28(15)17)12-9-27(14-7-19(14,20)21)16-10(12)4-3-5-24-16/h3-6,8-9,14,22H,7H2,1-2H3,(H,23,29)/t14-/m0/s1. The number of pyridine rings is 1. The van der Waals surface area contributed by atoms with Crippen LogP contribution in [0.5, 0.6) is 0 Å². The fraction of sp³-hybridized carbons (Fsp3) is 0.263. The van der Waals surface area contributed by atoms with Crippen LogP contribution >= 0.6 is 0 Å². The van der Waals surface area contributed by atoms with Crippen LogP contribution in [-0.4, -0.2) is 50.1 Å². The summed E-state index contributed by atoms with van der Waals surface area (Å²) in [6, 6.07) is 4.45. The average molecular weight is 397 g/mol. The zero-order valence-electron chi connectivity index (χ0n) is 15.6. The number of hydrogen-bond donors (Lipinski definition) is 2. The predicted octanol–water partition coefficient (Wildman–Crippen LogP) is 2.73. The molecule has 5 rings (SSSR count). The number of rotatable bonds is 4. The largest absolute Gasteiger partial charge is 0.373 e. The Bertz CT molecular complexity index is 1280. The summed E-state index contributed by atoms with van der Waals surface area (Å²) in [6.07, 6.45) is 4.49. The molecule has 10 heteroatoms. The van der Waals surface area contributed by atoms with Crippen molar-refractivity contribution in [3.63, 3.8) is 0 Å². The number of amides is 1. The first-order valence-corrected chi connectivity index (χ1v) is 9.07. The van der Waals surface area contributed by atoms with E-state index in [-0.39, 0.29) is 12.3 Å². The molecule has 1 amide bonds. The van der Waals surface area contributed by atoms with Crippen molar-refractivity contribution in [2.45, 2.75) is 18.4 Å². The van der Waals surface area contributed by atoms with Crippen LogP contribution in [-0.2, 0) is 0 Å². The molecule has 4 aromatic rings. The van der Waals surface area contributed by atoms with Crippen molar-refractivity contribution >= 4 is 28.4 Å². The van der Waals surface area contributed by atoms with E-state index >= 15 is 0 Å². The second-order valence-electron chi connectivity index (χ2n) is 6.95. The topological polar surface area (TPSA) is 89.1 Å². The minimum atomic E-state index is -2.73. The molecule has 0 aromatic carbocycles. The van der Waals surface area contributed by atoms with E-state index in [1.807, 2.05) is 6.07 Å². The minimum absolute atomic E-state index is 0.204. The molecule has 1 saturated carbocycles. The number of alkyl halides is 2. The molecule has 4 heterocycles. The van der Waals surface area contributed by atoms with E-state index in [0.717, 1.165) is 5.39 Å². The van der Waals surface area contributed by atoms with Gasteiger partial charge in [-0.25, -0.2) is 18.7 Å². The summed E-state index contributed by atoms with van der Waals surface area (Å²) in [6.45, 7) is 0. The monoisotopic (exact) mass is 397 g/mol. The number of nitrogens with one attached hydrogen (secondary N) is 2. The Balaban J connectivity index is 1.76. The van der Waals surface area contributed by atoms with Crippen molar-refractivity contribution in [1.29, 1.82) is 0 Å². The highest BCUT2D eigenvalue weighted by molar-refractivity contribution is 6.00. The Kier molecular flexibility index (Phi) is 3.61. The van der Waals surface area contributed by atoms with Crippen molar-refractivity contribution in [2.75, 3.05) is 19.4 Å². The van der Waals surface area contributed by atoms with Crippen LogP contribution in [0.3, 0.4) is 0 Å². The van der Waals surface area contributed by atoms with Gasteiger partial charge in [-0.1, -0.05) is 0 Å². The highest BCUT2D eigenvalue weighted by Crippen LogP contribution is 2.54. The van der Waals surface area contributed by atoms with E-state index in [1.54, 1.807) is 31.6 Å². The third-order valence-electron chi connectivity index (χ3n) is 5.19. The maximum absolute atomic E-state index is 13.8. The number of fused-ring (bicyclic) bond motifs is 2. The van der Waals surface area contributed by atoms with Gasteiger partial charge in [0.05, 0.1) is 11.9 Å². The summed E-state index contributed by atoms with van der Waals surface area (Å²) in [7, 11) is 3.26. The van der Waals surface area contributed by atoms with Gasteiger partial charge in [0, 0.05) is 49.9 Å². The molecule has 0 bridgehead atoms. The quantitative estimate of drug-likeness (QED) is 0.553. The first-order chi connectivity index (χ1) is 13.9. The smallest absolute Gasteiger partial charge is 0.270 e. The maximum atomic E-state index is 13.8. The lowest BCUT2D eigenvalue weighted by Gasteiger charge is -2.08. The van der Waals surface area contributed by atoms with Crippen LogP contribution in [0.25, 0.3) is 27.9 Å². The number of carbonyl (C=O) groups excluding carboxylic acids is 1. The molecule has 1 fully saturated rings. The van der Waals surface area contributed by atoms with Crippen LogP contribution < -0.4 is 10.6 Å². The molecule has 2 N–H and O–H groups in total. The van der Waals surface area contributed by atoms with Gasteiger partial charge in [-0.05, 0) is 12.1 Å². The van der Waals surface area contributed by atoms with Gasteiger partial charge >= 0.3 is 0 Å².